The second-order valence-corrected chi connectivity index (χ2v) is 9.38. The summed E-state index contributed by atoms with van der Waals surface area (Å²) in [5.41, 5.74) is 0.861. The van der Waals surface area contributed by atoms with Gasteiger partial charge < -0.3 is 5.32 Å². The summed E-state index contributed by atoms with van der Waals surface area (Å²) in [5.74, 6) is 1.50. The Kier molecular flexibility index (Phi) is 3.70. The van der Waals surface area contributed by atoms with E-state index in [4.69, 9.17) is 23.2 Å². The van der Waals surface area contributed by atoms with Crippen LogP contribution in [0.25, 0.3) is 0 Å². The normalized spacial score (nSPS) is 39.3. The number of rotatable bonds is 3. The number of carbonyl (C=O) groups is 1. The number of hydrogen-bond donors (Lipinski definition) is 1. The second kappa shape index (κ2) is 5.39. The number of halogens is 2. The van der Waals surface area contributed by atoms with E-state index in [1.807, 2.05) is 31.2 Å². The second-order valence-electron chi connectivity index (χ2n) is 8.14. The molecule has 0 spiro atoms. The van der Waals surface area contributed by atoms with Gasteiger partial charge in [-0.05, 0) is 75.0 Å². The molecule has 3 unspecified atom stereocenters. The standard InChI is InChI=1S/C19H23Cl2NO/c1-12(15-2-4-16(20)5-3-15)22-17(23)18-7-13-6-14(8-18)10-19(21,9-13)11-18/h2-5,12-14H,6-11H2,1H3,(H,22,23). The lowest BCUT2D eigenvalue weighted by atomic mass is 9.49. The summed E-state index contributed by atoms with van der Waals surface area (Å²) in [6.45, 7) is 2.04. The lowest BCUT2D eigenvalue weighted by Crippen LogP contribution is -2.58. The van der Waals surface area contributed by atoms with E-state index >= 15 is 0 Å². The molecule has 0 radical (unpaired) electrons. The molecule has 1 aromatic carbocycles. The number of nitrogens with one attached hydrogen (secondary N) is 1. The van der Waals surface area contributed by atoms with Crippen molar-refractivity contribution in [3.05, 3.63) is 34.9 Å². The highest BCUT2D eigenvalue weighted by Gasteiger charge is 2.60. The maximum absolute atomic E-state index is 13.1. The van der Waals surface area contributed by atoms with Gasteiger partial charge in [-0.15, -0.1) is 11.6 Å². The molecule has 4 bridgehead atoms. The number of alkyl halides is 1. The minimum Gasteiger partial charge on any atom is -0.349 e. The lowest BCUT2D eigenvalue weighted by Gasteiger charge is -2.59. The minimum atomic E-state index is -0.230. The monoisotopic (exact) mass is 351 g/mol. The quantitative estimate of drug-likeness (QED) is 0.754. The smallest absolute Gasteiger partial charge is 0.226 e. The first-order valence-electron chi connectivity index (χ1n) is 8.63. The molecule has 2 nitrogen and oxygen atoms in total. The van der Waals surface area contributed by atoms with Crippen LogP contribution < -0.4 is 5.32 Å². The van der Waals surface area contributed by atoms with Crippen LogP contribution in [0.1, 0.15) is 57.1 Å². The van der Waals surface area contributed by atoms with Crippen LogP contribution in [-0.4, -0.2) is 10.8 Å². The highest BCUT2D eigenvalue weighted by molar-refractivity contribution is 6.30. The summed E-state index contributed by atoms with van der Waals surface area (Å²) in [7, 11) is 0. The molecule has 23 heavy (non-hydrogen) atoms. The van der Waals surface area contributed by atoms with Gasteiger partial charge in [-0.3, -0.25) is 4.79 Å². The van der Waals surface area contributed by atoms with Crippen LogP contribution in [-0.2, 0) is 4.79 Å². The molecule has 5 rings (SSSR count). The Morgan fingerprint density at radius 2 is 1.78 bits per heavy atom. The Balaban J connectivity index is 1.51. The topological polar surface area (TPSA) is 29.1 Å². The average Bonchev–Trinajstić information content (AvgIpc) is 2.45. The Hall–Kier alpha value is -0.730. The van der Waals surface area contributed by atoms with Crippen LogP contribution in [0.4, 0.5) is 0 Å². The third-order valence-corrected chi connectivity index (χ3v) is 6.88. The number of amides is 1. The van der Waals surface area contributed by atoms with Gasteiger partial charge >= 0.3 is 0 Å². The lowest BCUT2D eigenvalue weighted by molar-refractivity contribution is -0.145. The van der Waals surface area contributed by atoms with Crippen molar-refractivity contribution < 1.29 is 4.79 Å². The van der Waals surface area contributed by atoms with E-state index < -0.39 is 0 Å². The van der Waals surface area contributed by atoms with Crippen LogP contribution in [0.5, 0.6) is 0 Å². The number of hydrogen-bond acceptors (Lipinski definition) is 1. The molecule has 1 aromatic rings. The van der Waals surface area contributed by atoms with Gasteiger partial charge in [0.15, 0.2) is 0 Å². The van der Waals surface area contributed by atoms with Gasteiger partial charge in [0.05, 0.1) is 11.5 Å². The zero-order chi connectivity index (χ0) is 16.2. The zero-order valence-electron chi connectivity index (χ0n) is 13.4. The van der Waals surface area contributed by atoms with Crippen LogP contribution in [0.3, 0.4) is 0 Å². The molecule has 4 heteroatoms. The maximum atomic E-state index is 13.1. The molecule has 4 aliphatic carbocycles. The molecule has 124 valence electrons. The van der Waals surface area contributed by atoms with E-state index in [2.05, 4.69) is 5.32 Å². The van der Waals surface area contributed by atoms with E-state index in [1.54, 1.807) is 0 Å². The molecular weight excluding hydrogens is 329 g/mol. The van der Waals surface area contributed by atoms with E-state index in [0.717, 1.165) is 42.7 Å². The van der Waals surface area contributed by atoms with Crippen molar-refractivity contribution in [3.8, 4) is 0 Å². The summed E-state index contributed by atoms with van der Waals surface area (Å²) in [4.78, 5) is 13.0. The first-order chi connectivity index (χ1) is 10.9. The van der Waals surface area contributed by atoms with Gasteiger partial charge in [0.25, 0.3) is 0 Å². The van der Waals surface area contributed by atoms with Crippen LogP contribution in [0.15, 0.2) is 24.3 Å². The predicted molar refractivity (Wildman–Crippen MR) is 93.7 cm³/mol. The van der Waals surface area contributed by atoms with Gasteiger partial charge in [-0.25, -0.2) is 0 Å². The van der Waals surface area contributed by atoms with Crippen LogP contribution >= 0.6 is 23.2 Å². The van der Waals surface area contributed by atoms with E-state index in [0.29, 0.717) is 11.8 Å². The molecule has 0 heterocycles. The third kappa shape index (κ3) is 2.78. The maximum Gasteiger partial charge on any atom is 0.226 e. The molecule has 0 aliphatic heterocycles. The fraction of sp³-hybridized carbons (Fsp3) is 0.632. The molecule has 4 aliphatic rings. The summed E-state index contributed by atoms with van der Waals surface area (Å²) >= 11 is 12.8. The number of benzene rings is 1. The molecule has 0 aromatic heterocycles. The Morgan fingerprint density at radius 3 is 2.35 bits per heavy atom. The highest BCUT2D eigenvalue weighted by Crippen LogP contribution is 2.63. The van der Waals surface area contributed by atoms with Gasteiger partial charge in [0.2, 0.25) is 5.91 Å². The van der Waals surface area contributed by atoms with E-state index in [9.17, 15) is 4.79 Å². The average molecular weight is 352 g/mol. The molecule has 3 atom stereocenters. The van der Waals surface area contributed by atoms with Crippen LogP contribution in [0.2, 0.25) is 5.02 Å². The Morgan fingerprint density at radius 1 is 1.17 bits per heavy atom. The van der Waals surface area contributed by atoms with Crippen molar-refractivity contribution in [1.29, 1.82) is 0 Å². The molecule has 1 N–H and O–H groups in total. The Bertz CT molecular complexity index is 613. The van der Waals surface area contributed by atoms with Gasteiger partial charge in [-0.2, -0.15) is 0 Å². The fourth-order valence-corrected chi connectivity index (χ4v) is 6.42. The first kappa shape index (κ1) is 15.8. The van der Waals surface area contributed by atoms with Crippen molar-refractivity contribution in [2.45, 2.75) is 56.4 Å². The molecule has 0 saturated heterocycles. The van der Waals surface area contributed by atoms with Crippen LogP contribution in [0, 0.1) is 17.3 Å². The van der Waals surface area contributed by atoms with Crippen molar-refractivity contribution in [2.75, 3.05) is 0 Å². The van der Waals surface area contributed by atoms with Crippen molar-refractivity contribution in [2.24, 2.45) is 17.3 Å². The van der Waals surface area contributed by atoms with E-state index in [-0.39, 0.29) is 22.2 Å². The SMILES string of the molecule is CC(NC(=O)C12CC3CC(CC(Cl)(C3)C1)C2)c1ccc(Cl)cc1. The van der Waals surface area contributed by atoms with Gasteiger partial charge in [-0.1, -0.05) is 23.7 Å². The van der Waals surface area contributed by atoms with Crippen molar-refractivity contribution in [3.63, 3.8) is 0 Å². The summed E-state index contributed by atoms with van der Waals surface area (Å²) in [5, 5.41) is 3.97. The fourth-order valence-electron chi connectivity index (χ4n) is 5.60. The predicted octanol–water partition coefficient (Wildman–Crippen LogP) is 5.10. The Labute approximate surface area is 147 Å². The van der Waals surface area contributed by atoms with E-state index in [1.165, 1.54) is 6.42 Å². The molecule has 4 fully saturated rings. The summed E-state index contributed by atoms with van der Waals surface area (Å²) in [6.07, 6.45) is 6.39. The summed E-state index contributed by atoms with van der Waals surface area (Å²) in [6, 6.07) is 7.71. The molecule has 1 amide bonds. The largest absolute Gasteiger partial charge is 0.349 e. The van der Waals surface area contributed by atoms with Gasteiger partial charge in [0, 0.05) is 9.90 Å². The van der Waals surface area contributed by atoms with Crippen molar-refractivity contribution in [1.82, 2.24) is 5.32 Å². The van der Waals surface area contributed by atoms with Gasteiger partial charge in [0.1, 0.15) is 0 Å². The first-order valence-corrected chi connectivity index (χ1v) is 9.38. The minimum absolute atomic E-state index is 0.000883. The molecular formula is C19H23Cl2NO. The van der Waals surface area contributed by atoms with Crippen molar-refractivity contribution >= 4 is 29.1 Å². The molecule has 4 saturated carbocycles. The third-order valence-electron chi connectivity index (χ3n) is 6.19. The highest BCUT2D eigenvalue weighted by atomic mass is 35.5. The zero-order valence-corrected chi connectivity index (χ0v) is 15.0. The number of carbonyl (C=O) groups excluding carboxylic acids is 1. The summed E-state index contributed by atoms with van der Waals surface area (Å²) < 4.78 is 0.